The van der Waals surface area contributed by atoms with Gasteiger partial charge in [-0.25, -0.2) is 9.78 Å². The molecule has 0 radical (unpaired) electrons. The molecule has 6 rings (SSSR count). The number of thioether (sulfide) groups is 1. The molecule has 5 aromatic rings. The number of nitrogens with one attached hydrogen (secondary N) is 2. The summed E-state index contributed by atoms with van der Waals surface area (Å²) in [7, 11) is 0. The molecule has 10 nitrogen and oxygen atoms in total. The van der Waals surface area contributed by atoms with Crippen LogP contribution in [0, 0.1) is 5.92 Å². The van der Waals surface area contributed by atoms with Gasteiger partial charge in [0.1, 0.15) is 12.2 Å². The highest BCUT2D eigenvalue weighted by molar-refractivity contribution is 7.99. The van der Waals surface area contributed by atoms with E-state index in [1.807, 2.05) is 97.1 Å². The molecule has 0 unspecified atom stereocenters. The first kappa shape index (κ1) is 34.9. The Hall–Kier alpha value is -4.94. The molecule has 50 heavy (non-hydrogen) atoms. The summed E-state index contributed by atoms with van der Waals surface area (Å²) >= 11 is 1.50. The minimum atomic E-state index is -0.699. The van der Waals surface area contributed by atoms with Crippen molar-refractivity contribution in [3.8, 4) is 22.6 Å². The summed E-state index contributed by atoms with van der Waals surface area (Å²) in [6, 6.07) is 34.4. The molecule has 0 aliphatic carbocycles. The highest BCUT2D eigenvalue weighted by Crippen LogP contribution is 2.44. The van der Waals surface area contributed by atoms with Crippen LogP contribution in [0.5, 0.6) is 0 Å². The molecule has 1 aromatic heterocycles. The molecule has 2 amide bonds. The zero-order chi connectivity index (χ0) is 34.9. The van der Waals surface area contributed by atoms with Crippen LogP contribution in [0.25, 0.3) is 22.6 Å². The van der Waals surface area contributed by atoms with Crippen molar-refractivity contribution in [1.82, 2.24) is 10.3 Å². The molecule has 11 heteroatoms. The molecule has 4 aromatic carbocycles. The highest BCUT2D eigenvalue weighted by Gasteiger charge is 2.38. The summed E-state index contributed by atoms with van der Waals surface area (Å²) < 4.78 is 24.4. The lowest BCUT2D eigenvalue weighted by atomic mass is 9.91. The van der Waals surface area contributed by atoms with Crippen molar-refractivity contribution in [1.29, 1.82) is 0 Å². The number of carbonyl (C=O) groups is 2. The molecule has 1 saturated heterocycles. The Morgan fingerprint density at radius 3 is 2.18 bits per heavy atom. The number of aliphatic hydroxyl groups excluding tert-OH is 1. The predicted molar refractivity (Wildman–Crippen MR) is 191 cm³/mol. The van der Waals surface area contributed by atoms with Crippen molar-refractivity contribution < 1.29 is 33.3 Å². The molecule has 1 aliphatic rings. The maximum absolute atomic E-state index is 12.3. The van der Waals surface area contributed by atoms with Crippen molar-refractivity contribution in [2.24, 2.45) is 5.92 Å². The number of oxazole rings is 1. The quantitative estimate of drug-likeness (QED) is 0.0886. The first-order chi connectivity index (χ1) is 24.4. The minimum absolute atomic E-state index is 0.0417. The number of benzene rings is 4. The number of hydrogen-bond donors (Lipinski definition) is 3. The van der Waals surface area contributed by atoms with E-state index in [1.54, 1.807) is 19.1 Å². The van der Waals surface area contributed by atoms with Crippen LogP contribution in [0.2, 0.25) is 0 Å². The second kappa shape index (κ2) is 16.6. The van der Waals surface area contributed by atoms with Gasteiger partial charge in [0.15, 0.2) is 12.1 Å². The number of hydrogen-bond acceptors (Lipinski definition) is 9. The molecular weight excluding hydrogens is 655 g/mol. The fraction of sp³-hybridized carbons (Fsp3) is 0.256. The van der Waals surface area contributed by atoms with Crippen LogP contribution in [-0.4, -0.2) is 47.1 Å². The summed E-state index contributed by atoms with van der Waals surface area (Å²) in [5.74, 6) is 0.710. The lowest BCUT2D eigenvalue weighted by molar-refractivity contribution is -0.268. The van der Waals surface area contributed by atoms with E-state index >= 15 is 0 Å². The van der Waals surface area contributed by atoms with E-state index in [9.17, 15) is 14.7 Å². The molecule has 258 valence electrons. The fourth-order valence-corrected chi connectivity index (χ4v) is 6.65. The second-order valence-corrected chi connectivity index (χ2v) is 12.7. The standard InChI is InChI=1S/C39H39N3O7S/c1-3-46-33(44)22-40-38(45)41-31-20-18-30(19-21-31)37-47-32(25(2)35(48-37)29-16-14-26(23-43)15-17-29)24-50-39-42-34(27-10-6-4-7-11-27)36(49-39)28-12-8-5-9-13-28/h4-21,25,32,35,37,43H,3,22-24H2,1-2H3,(H2,40,41,45)/t25-,32+,35+,37+/m0/s1. The molecule has 1 fully saturated rings. The zero-order valence-corrected chi connectivity index (χ0v) is 28.6. The summed E-state index contributed by atoms with van der Waals surface area (Å²) in [5.41, 5.74) is 5.80. The van der Waals surface area contributed by atoms with Crippen molar-refractivity contribution in [3.05, 3.63) is 126 Å². The lowest BCUT2D eigenvalue weighted by Crippen LogP contribution is -2.38. The van der Waals surface area contributed by atoms with Gasteiger partial charge in [-0.3, -0.25) is 4.79 Å². The molecule has 4 atom stereocenters. The fourth-order valence-electron chi connectivity index (χ4n) is 5.67. The van der Waals surface area contributed by atoms with Gasteiger partial charge in [0, 0.05) is 34.0 Å². The number of esters is 1. The van der Waals surface area contributed by atoms with E-state index in [1.165, 1.54) is 11.8 Å². The summed E-state index contributed by atoms with van der Waals surface area (Å²) in [6.07, 6.45) is -1.25. The van der Waals surface area contributed by atoms with E-state index in [2.05, 4.69) is 17.6 Å². The van der Waals surface area contributed by atoms with Crippen LogP contribution in [0.15, 0.2) is 119 Å². The largest absolute Gasteiger partial charge is 0.465 e. The predicted octanol–water partition coefficient (Wildman–Crippen LogP) is 7.77. The number of nitrogens with zero attached hydrogens (tertiary/aromatic N) is 1. The summed E-state index contributed by atoms with van der Waals surface area (Å²) in [5, 5.41) is 15.3. The Kier molecular flexibility index (Phi) is 11.6. The first-order valence-corrected chi connectivity index (χ1v) is 17.5. The van der Waals surface area contributed by atoms with Gasteiger partial charge in [0.25, 0.3) is 5.22 Å². The molecule has 1 aliphatic heterocycles. The van der Waals surface area contributed by atoms with E-state index in [-0.39, 0.29) is 37.9 Å². The van der Waals surface area contributed by atoms with Gasteiger partial charge in [-0.2, -0.15) is 0 Å². The summed E-state index contributed by atoms with van der Waals surface area (Å²) in [6.45, 7) is 3.78. The Morgan fingerprint density at radius 2 is 1.52 bits per heavy atom. The third-order valence-electron chi connectivity index (χ3n) is 8.32. The van der Waals surface area contributed by atoms with Gasteiger partial charge < -0.3 is 34.4 Å². The molecule has 0 bridgehead atoms. The van der Waals surface area contributed by atoms with Crippen molar-refractivity contribution >= 4 is 29.4 Å². The highest BCUT2D eigenvalue weighted by atomic mass is 32.2. The van der Waals surface area contributed by atoms with Crippen molar-refractivity contribution in [2.45, 2.75) is 44.2 Å². The van der Waals surface area contributed by atoms with Gasteiger partial charge in [0.05, 0.1) is 25.4 Å². The maximum atomic E-state index is 12.3. The number of amides is 2. The SMILES string of the molecule is CCOC(=O)CNC(=O)Nc1ccc([C@@H]2O[C@H](CSc3nc(-c4ccccc4)c(-c4ccccc4)o3)[C@H](C)[C@H](c3ccc(CO)cc3)O2)cc1. The number of aliphatic hydroxyl groups is 1. The Balaban J connectivity index is 1.21. The molecular formula is C39H39N3O7S. The molecule has 0 saturated carbocycles. The van der Waals surface area contributed by atoms with E-state index in [0.717, 1.165) is 33.5 Å². The monoisotopic (exact) mass is 693 g/mol. The Bertz CT molecular complexity index is 1790. The maximum Gasteiger partial charge on any atom is 0.325 e. The molecule has 2 heterocycles. The van der Waals surface area contributed by atoms with Crippen LogP contribution in [0.3, 0.4) is 0 Å². The topological polar surface area (TPSA) is 132 Å². The van der Waals surface area contributed by atoms with Crippen molar-refractivity contribution in [2.75, 3.05) is 24.2 Å². The normalized spacial score (nSPS) is 18.7. The summed E-state index contributed by atoms with van der Waals surface area (Å²) in [4.78, 5) is 28.8. The van der Waals surface area contributed by atoms with Crippen LogP contribution in [0.1, 0.15) is 42.9 Å². The number of aromatic nitrogens is 1. The first-order valence-electron chi connectivity index (χ1n) is 16.5. The van der Waals surface area contributed by atoms with Crippen LogP contribution in [-0.2, 0) is 25.6 Å². The van der Waals surface area contributed by atoms with Gasteiger partial charge in [-0.1, -0.05) is 116 Å². The number of urea groups is 1. The number of anilines is 1. The van der Waals surface area contributed by atoms with Gasteiger partial charge in [0.2, 0.25) is 0 Å². The Morgan fingerprint density at radius 1 is 0.860 bits per heavy atom. The average Bonchev–Trinajstić information content (AvgIpc) is 3.59. The van der Waals surface area contributed by atoms with Crippen LogP contribution < -0.4 is 10.6 Å². The molecule has 0 spiro atoms. The van der Waals surface area contributed by atoms with Crippen molar-refractivity contribution in [3.63, 3.8) is 0 Å². The third kappa shape index (κ3) is 8.61. The number of rotatable bonds is 12. The minimum Gasteiger partial charge on any atom is -0.465 e. The number of ether oxygens (including phenoxy) is 3. The van der Waals surface area contributed by atoms with Gasteiger partial charge in [-0.05, 0) is 30.2 Å². The number of carbonyl (C=O) groups excluding carboxylic acids is 2. The van der Waals surface area contributed by atoms with E-state index in [4.69, 9.17) is 23.6 Å². The van der Waals surface area contributed by atoms with Crippen LogP contribution >= 0.6 is 11.8 Å². The average molecular weight is 694 g/mol. The zero-order valence-electron chi connectivity index (χ0n) is 27.8. The van der Waals surface area contributed by atoms with Gasteiger partial charge in [-0.15, -0.1) is 0 Å². The van der Waals surface area contributed by atoms with E-state index in [0.29, 0.717) is 22.4 Å². The second-order valence-electron chi connectivity index (χ2n) is 11.8. The Labute approximate surface area is 295 Å². The third-order valence-corrected chi connectivity index (χ3v) is 9.24. The smallest absolute Gasteiger partial charge is 0.325 e. The molecule has 3 N–H and O–H groups in total. The lowest BCUT2D eigenvalue weighted by Gasteiger charge is -2.41. The van der Waals surface area contributed by atoms with E-state index < -0.39 is 18.3 Å². The van der Waals surface area contributed by atoms with Crippen LogP contribution in [0.4, 0.5) is 10.5 Å². The van der Waals surface area contributed by atoms with Gasteiger partial charge >= 0.3 is 12.0 Å².